The van der Waals surface area contributed by atoms with Crippen LogP contribution in [0.4, 0.5) is 34.1 Å². The maximum Gasteiger partial charge on any atom is 0.159 e. The van der Waals surface area contributed by atoms with Gasteiger partial charge in [0.25, 0.3) is 0 Å². The molecule has 3 heteroatoms. The van der Waals surface area contributed by atoms with Crippen molar-refractivity contribution in [1.29, 1.82) is 0 Å². The maximum absolute atomic E-state index is 7.21. The number of rotatable bonds is 9. The van der Waals surface area contributed by atoms with Crippen LogP contribution in [0.25, 0.3) is 66.1 Å². The van der Waals surface area contributed by atoms with Crippen molar-refractivity contribution in [2.75, 3.05) is 9.80 Å². The number of nitrogens with zero attached hydrogens (tertiary/aromatic N) is 2. The molecular formula is C58H40N2O. The number of fused-ring (bicyclic) bond motifs is 5. The largest absolute Gasteiger partial charge is 0.453 e. The summed E-state index contributed by atoms with van der Waals surface area (Å²) >= 11 is 0. The predicted octanol–water partition coefficient (Wildman–Crippen LogP) is 16.7. The van der Waals surface area contributed by atoms with Crippen LogP contribution < -0.4 is 9.80 Å². The highest BCUT2D eigenvalue weighted by Gasteiger charge is 2.26. The molecule has 0 fully saturated rings. The first-order valence-corrected chi connectivity index (χ1v) is 20.8. The number of benzene rings is 10. The monoisotopic (exact) mass is 780 g/mol. The van der Waals surface area contributed by atoms with Crippen molar-refractivity contribution >= 4 is 66.8 Å². The molecule has 3 nitrogen and oxygen atoms in total. The molecule has 0 bridgehead atoms. The second-order valence-electron chi connectivity index (χ2n) is 15.3. The van der Waals surface area contributed by atoms with E-state index in [0.717, 1.165) is 83.5 Å². The molecule has 0 radical (unpaired) electrons. The third kappa shape index (κ3) is 6.69. The maximum atomic E-state index is 7.21. The minimum absolute atomic E-state index is 0.817. The van der Waals surface area contributed by atoms with Gasteiger partial charge in [-0.25, -0.2) is 0 Å². The molecule has 61 heavy (non-hydrogen) atoms. The third-order valence-corrected chi connectivity index (χ3v) is 11.6. The molecule has 0 aliphatic heterocycles. The Balaban J connectivity index is 1.20. The lowest BCUT2D eigenvalue weighted by molar-refractivity contribution is 0.673. The minimum atomic E-state index is 0.817. The van der Waals surface area contributed by atoms with Crippen molar-refractivity contribution in [1.82, 2.24) is 0 Å². The molecule has 1 heterocycles. The number of hydrogen-bond acceptors (Lipinski definition) is 3. The topological polar surface area (TPSA) is 19.6 Å². The van der Waals surface area contributed by atoms with Crippen LogP contribution in [-0.2, 0) is 0 Å². The van der Waals surface area contributed by atoms with Crippen molar-refractivity contribution in [2.24, 2.45) is 0 Å². The molecule has 0 atom stereocenters. The molecule has 1 aromatic heterocycles. The fraction of sp³-hybridized carbons (Fsp3) is 0. The Morgan fingerprint density at radius 3 is 1.39 bits per heavy atom. The molecule has 0 spiro atoms. The van der Waals surface area contributed by atoms with Crippen LogP contribution in [0.1, 0.15) is 0 Å². The first-order chi connectivity index (χ1) is 30.3. The van der Waals surface area contributed by atoms with E-state index in [1.54, 1.807) is 0 Å². The zero-order valence-electron chi connectivity index (χ0n) is 33.4. The summed E-state index contributed by atoms with van der Waals surface area (Å²) in [6, 6.07) is 86.4. The number of hydrogen-bond donors (Lipinski definition) is 0. The molecule has 0 saturated carbocycles. The Morgan fingerprint density at radius 2 is 0.754 bits per heavy atom. The Bertz CT molecular complexity index is 3270. The Morgan fingerprint density at radius 1 is 0.262 bits per heavy atom. The van der Waals surface area contributed by atoms with E-state index >= 15 is 0 Å². The number of para-hydroxylation sites is 2. The molecule has 0 unspecified atom stereocenters. The van der Waals surface area contributed by atoms with Crippen LogP contribution in [-0.4, -0.2) is 0 Å². The summed E-state index contributed by atoms with van der Waals surface area (Å²) in [6.45, 7) is 0. The van der Waals surface area contributed by atoms with Gasteiger partial charge in [0.1, 0.15) is 5.58 Å². The van der Waals surface area contributed by atoms with E-state index in [9.17, 15) is 0 Å². The second kappa shape index (κ2) is 15.6. The van der Waals surface area contributed by atoms with Crippen molar-refractivity contribution in [3.05, 3.63) is 243 Å². The second-order valence-corrected chi connectivity index (χ2v) is 15.3. The lowest BCUT2D eigenvalue weighted by Gasteiger charge is -2.31. The summed E-state index contributed by atoms with van der Waals surface area (Å²) in [7, 11) is 0. The van der Waals surface area contributed by atoms with Crippen LogP contribution >= 0.6 is 0 Å². The SMILES string of the molecule is c1ccc(-c2ccc(N(c3ccccc3)c3cc(N(c4ccc(-c5ccccc5)cc4)c4ccccc4-c4ccccc4)c4oc5c6ccccc6ccc5c4c3)cc2)cc1. The molecule has 11 aromatic rings. The smallest absolute Gasteiger partial charge is 0.159 e. The van der Waals surface area contributed by atoms with Gasteiger partial charge in [-0.1, -0.05) is 182 Å². The molecule has 0 amide bonds. The summed E-state index contributed by atoms with van der Waals surface area (Å²) in [4.78, 5) is 4.74. The average molecular weight is 781 g/mol. The van der Waals surface area contributed by atoms with E-state index < -0.39 is 0 Å². The highest BCUT2D eigenvalue weighted by Crippen LogP contribution is 2.49. The molecule has 0 aliphatic carbocycles. The van der Waals surface area contributed by atoms with Gasteiger partial charge >= 0.3 is 0 Å². The first-order valence-electron chi connectivity index (χ1n) is 20.8. The molecule has 288 valence electrons. The lowest BCUT2D eigenvalue weighted by Crippen LogP contribution is -2.14. The van der Waals surface area contributed by atoms with Crippen molar-refractivity contribution in [3.8, 4) is 33.4 Å². The summed E-state index contributed by atoms with van der Waals surface area (Å²) in [5, 5.41) is 4.34. The molecule has 0 N–H and O–H groups in total. The van der Waals surface area contributed by atoms with Crippen LogP contribution in [0.3, 0.4) is 0 Å². The van der Waals surface area contributed by atoms with Gasteiger partial charge in [0.2, 0.25) is 0 Å². The van der Waals surface area contributed by atoms with Gasteiger partial charge in [0.15, 0.2) is 5.58 Å². The van der Waals surface area contributed by atoms with Crippen LogP contribution in [0.5, 0.6) is 0 Å². The molecule has 10 aromatic carbocycles. The van der Waals surface area contributed by atoms with E-state index in [4.69, 9.17) is 4.42 Å². The standard InChI is InChI=1S/C58H40N2O/c1-5-17-41(18-6-1)43-29-34-48(35-30-43)59(47-24-11-4-12-25-47)50-39-54-53-38-33-46-23-13-14-27-52(46)57(53)61-58(54)56(40-50)60(49-36-31-44(32-37-49)42-19-7-2-8-20-42)55-28-16-15-26-51(55)45-21-9-3-10-22-45/h1-40H. The minimum Gasteiger partial charge on any atom is -0.453 e. The van der Waals surface area contributed by atoms with Gasteiger partial charge in [0, 0.05) is 44.5 Å². The van der Waals surface area contributed by atoms with E-state index in [2.05, 4.69) is 252 Å². The normalized spacial score (nSPS) is 11.3. The zero-order valence-corrected chi connectivity index (χ0v) is 33.4. The summed E-state index contributed by atoms with van der Waals surface area (Å²) in [5.74, 6) is 0. The Labute approximate surface area is 355 Å². The molecule has 11 rings (SSSR count). The third-order valence-electron chi connectivity index (χ3n) is 11.6. The quantitative estimate of drug-likeness (QED) is 0.145. The van der Waals surface area contributed by atoms with Crippen molar-refractivity contribution in [3.63, 3.8) is 0 Å². The van der Waals surface area contributed by atoms with Gasteiger partial charge in [-0.15, -0.1) is 0 Å². The first kappa shape index (κ1) is 36.0. The van der Waals surface area contributed by atoms with Crippen molar-refractivity contribution < 1.29 is 4.42 Å². The van der Waals surface area contributed by atoms with Crippen LogP contribution in [0.2, 0.25) is 0 Å². The fourth-order valence-corrected chi connectivity index (χ4v) is 8.70. The van der Waals surface area contributed by atoms with E-state index in [1.165, 1.54) is 16.7 Å². The lowest BCUT2D eigenvalue weighted by atomic mass is 10.00. The Hall–Kier alpha value is -8.14. The summed E-state index contributed by atoms with van der Waals surface area (Å²) in [6.07, 6.45) is 0. The van der Waals surface area contributed by atoms with E-state index in [-0.39, 0.29) is 0 Å². The fourth-order valence-electron chi connectivity index (χ4n) is 8.70. The van der Waals surface area contributed by atoms with Crippen LogP contribution in [0.15, 0.2) is 247 Å². The Kier molecular flexibility index (Phi) is 9.18. The average Bonchev–Trinajstić information content (AvgIpc) is 3.73. The zero-order chi connectivity index (χ0) is 40.5. The summed E-state index contributed by atoms with van der Waals surface area (Å²) < 4.78 is 7.21. The van der Waals surface area contributed by atoms with Gasteiger partial charge < -0.3 is 14.2 Å². The van der Waals surface area contributed by atoms with E-state index in [1.807, 2.05) is 0 Å². The molecule has 0 saturated heterocycles. The van der Waals surface area contributed by atoms with Crippen molar-refractivity contribution in [2.45, 2.75) is 0 Å². The van der Waals surface area contributed by atoms with Gasteiger partial charge in [-0.3, -0.25) is 0 Å². The highest BCUT2D eigenvalue weighted by atomic mass is 16.3. The molecule has 0 aliphatic rings. The number of anilines is 6. The highest BCUT2D eigenvalue weighted by molar-refractivity contribution is 6.19. The van der Waals surface area contributed by atoms with Gasteiger partial charge in [-0.05, 0) is 93.9 Å². The van der Waals surface area contributed by atoms with Crippen LogP contribution in [0, 0.1) is 0 Å². The van der Waals surface area contributed by atoms with Gasteiger partial charge in [0.05, 0.1) is 11.4 Å². The predicted molar refractivity (Wildman–Crippen MR) is 257 cm³/mol. The number of furan rings is 1. The van der Waals surface area contributed by atoms with Gasteiger partial charge in [-0.2, -0.15) is 0 Å². The molecular weight excluding hydrogens is 741 g/mol. The van der Waals surface area contributed by atoms with E-state index in [0.29, 0.717) is 0 Å². The summed E-state index contributed by atoms with van der Waals surface area (Å²) in [5.41, 5.74) is 14.8.